The van der Waals surface area contributed by atoms with Crippen LogP contribution in [0.15, 0.2) is 24.3 Å². The zero-order valence-electron chi connectivity index (χ0n) is 5.46. The summed E-state index contributed by atoms with van der Waals surface area (Å²) in [4.78, 5) is 0. The highest BCUT2D eigenvalue weighted by Gasteiger charge is 1.87. The fraction of sp³-hybridized carbons (Fsp3) is 0. The van der Waals surface area contributed by atoms with Gasteiger partial charge in [-0.3, -0.25) is 0 Å². The van der Waals surface area contributed by atoms with Crippen LogP contribution in [0.2, 0.25) is 0 Å². The van der Waals surface area contributed by atoms with E-state index in [0.29, 0.717) is 0 Å². The van der Waals surface area contributed by atoms with Crippen LogP contribution < -0.4 is 10.2 Å². The molecule has 0 aliphatic heterocycles. The van der Waals surface area contributed by atoms with Crippen molar-refractivity contribution in [1.82, 2.24) is 0 Å². The highest BCUT2D eigenvalue weighted by Crippen LogP contribution is 2.15. The van der Waals surface area contributed by atoms with Gasteiger partial charge in [0.05, 0.1) is 0 Å². The van der Waals surface area contributed by atoms with Gasteiger partial charge >= 0.3 is 0 Å². The van der Waals surface area contributed by atoms with Gasteiger partial charge < -0.3 is 10.2 Å². The van der Waals surface area contributed by atoms with Crippen LogP contribution in [-0.4, -0.2) is 0 Å². The van der Waals surface area contributed by atoms with Gasteiger partial charge in [-0.25, -0.2) is 0 Å². The predicted molar refractivity (Wildman–Crippen MR) is 53.1 cm³/mol. The lowest BCUT2D eigenvalue weighted by atomic mass is 10.3. The number of anilines is 2. The van der Waals surface area contributed by atoms with Gasteiger partial charge in [-0.2, -0.15) is 0 Å². The van der Waals surface area contributed by atoms with Crippen molar-refractivity contribution in [3.63, 3.8) is 0 Å². The Bertz CT molecular complexity index is 174. The Morgan fingerprint density at radius 3 is 1.30 bits per heavy atom. The van der Waals surface area contributed by atoms with Gasteiger partial charge in [0, 0.05) is 11.4 Å². The molecule has 0 aliphatic carbocycles. The lowest BCUT2D eigenvalue weighted by Gasteiger charge is -2.01. The van der Waals surface area contributed by atoms with E-state index in [2.05, 4.69) is 29.0 Å². The molecule has 1 rings (SSSR count). The molecule has 0 saturated carbocycles. The summed E-state index contributed by atoms with van der Waals surface area (Å²) in [6.07, 6.45) is 0. The Hall–Kier alpha value is -0.320. The molecule has 0 heterocycles. The Morgan fingerprint density at radius 2 is 1.10 bits per heavy atom. The number of nitrogens with one attached hydrogen (secondary N) is 2. The van der Waals surface area contributed by atoms with Crippen molar-refractivity contribution < 1.29 is 0 Å². The molecule has 0 radical (unpaired) electrons. The SMILES string of the molecule is PNc1ccc(NP)cc1. The highest BCUT2D eigenvalue weighted by molar-refractivity contribution is 7.18. The number of hydrogen-bond donors (Lipinski definition) is 2. The summed E-state index contributed by atoms with van der Waals surface area (Å²) in [5.41, 5.74) is 2.18. The predicted octanol–water partition coefficient (Wildman–Crippen LogP) is 2.09. The monoisotopic (exact) mass is 172 g/mol. The van der Waals surface area contributed by atoms with Crippen molar-refractivity contribution in [3.8, 4) is 0 Å². The molecule has 2 N–H and O–H groups in total. The second-order valence-electron chi connectivity index (χ2n) is 1.87. The van der Waals surface area contributed by atoms with Crippen LogP contribution in [0.3, 0.4) is 0 Å². The minimum atomic E-state index is 1.09. The normalized spacial score (nSPS) is 9.00. The third-order valence-electron chi connectivity index (χ3n) is 1.22. The first kappa shape index (κ1) is 7.78. The summed E-state index contributed by atoms with van der Waals surface area (Å²) < 4.78 is 0. The standard InChI is InChI=1S/C6H10N2P2/c9-7-5-1-2-6(8-10)4-3-5/h1-4,7-8H,9-10H2. The Labute approximate surface area is 65.3 Å². The van der Waals surface area contributed by atoms with E-state index in [0.717, 1.165) is 11.4 Å². The third-order valence-corrected chi connectivity index (χ3v) is 1.88. The van der Waals surface area contributed by atoms with Gasteiger partial charge in [0.15, 0.2) is 0 Å². The molecular formula is C6H10N2P2. The first-order valence-corrected chi connectivity index (χ1v) is 4.05. The van der Waals surface area contributed by atoms with Gasteiger partial charge in [-0.1, -0.05) is 0 Å². The summed E-state index contributed by atoms with van der Waals surface area (Å²) in [6.45, 7) is 0. The first-order valence-electron chi connectivity index (χ1n) is 2.90. The third kappa shape index (κ3) is 1.83. The topological polar surface area (TPSA) is 24.1 Å². The number of hydrogen-bond acceptors (Lipinski definition) is 2. The van der Waals surface area contributed by atoms with E-state index < -0.39 is 0 Å². The van der Waals surface area contributed by atoms with Crippen molar-refractivity contribution in [2.24, 2.45) is 0 Å². The van der Waals surface area contributed by atoms with E-state index >= 15 is 0 Å². The molecule has 0 spiro atoms. The molecule has 1 aromatic rings. The Kier molecular flexibility index (Phi) is 2.92. The molecule has 0 aliphatic rings. The summed E-state index contributed by atoms with van der Waals surface area (Å²) in [6, 6.07) is 8.00. The molecule has 10 heavy (non-hydrogen) atoms. The van der Waals surface area contributed by atoms with Crippen LogP contribution in [0.25, 0.3) is 0 Å². The summed E-state index contributed by atoms with van der Waals surface area (Å²) >= 11 is 0. The van der Waals surface area contributed by atoms with Crippen molar-refractivity contribution in [3.05, 3.63) is 24.3 Å². The molecule has 2 nitrogen and oxygen atoms in total. The number of rotatable bonds is 2. The molecule has 1 aromatic carbocycles. The quantitative estimate of drug-likeness (QED) is 0.667. The Morgan fingerprint density at radius 1 is 0.800 bits per heavy atom. The lowest BCUT2D eigenvalue weighted by molar-refractivity contribution is 1.66. The van der Waals surface area contributed by atoms with Crippen LogP contribution in [0.4, 0.5) is 11.4 Å². The highest BCUT2D eigenvalue weighted by atomic mass is 31.0. The molecule has 0 bridgehead atoms. The molecule has 0 fully saturated rings. The van der Waals surface area contributed by atoms with Crippen molar-refractivity contribution in [2.75, 3.05) is 10.2 Å². The minimum absolute atomic E-state index is 1.09. The second-order valence-corrected chi connectivity index (χ2v) is 2.44. The van der Waals surface area contributed by atoms with E-state index in [1.165, 1.54) is 0 Å². The Balaban J connectivity index is 2.80. The zero-order chi connectivity index (χ0) is 7.40. The molecule has 4 heteroatoms. The van der Waals surface area contributed by atoms with E-state index in [-0.39, 0.29) is 0 Å². The van der Waals surface area contributed by atoms with Gasteiger partial charge in [-0.05, 0) is 43.0 Å². The first-order chi connectivity index (χ1) is 4.86. The van der Waals surface area contributed by atoms with Crippen molar-refractivity contribution >= 4 is 30.2 Å². The van der Waals surface area contributed by atoms with Crippen LogP contribution in [0.1, 0.15) is 0 Å². The van der Waals surface area contributed by atoms with E-state index in [9.17, 15) is 0 Å². The summed E-state index contributed by atoms with van der Waals surface area (Å²) in [5, 5.41) is 5.92. The average molecular weight is 172 g/mol. The molecule has 0 amide bonds. The largest absolute Gasteiger partial charge is 0.369 e. The molecule has 2 unspecified atom stereocenters. The number of benzene rings is 1. The fourth-order valence-corrected chi connectivity index (χ4v) is 1.05. The maximum Gasteiger partial charge on any atom is 0.0370 e. The molecular weight excluding hydrogens is 162 g/mol. The maximum absolute atomic E-state index is 2.96. The fourth-order valence-electron chi connectivity index (χ4n) is 0.663. The van der Waals surface area contributed by atoms with Crippen LogP contribution in [0.5, 0.6) is 0 Å². The van der Waals surface area contributed by atoms with Gasteiger partial charge in [-0.15, -0.1) is 0 Å². The van der Waals surface area contributed by atoms with Gasteiger partial charge in [0.2, 0.25) is 0 Å². The zero-order valence-corrected chi connectivity index (χ0v) is 7.77. The lowest BCUT2D eigenvalue weighted by Crippen LogP contribution is -1.80. The van der Waals surface area contributed by atoms with Crippen molar-refractivity contribution in [1.29, 1.82) is 0 Å². The average Bonchev–Trinajstić information content (AvgIpc) is 2.05. The second kappa shape index (κ2) is 3.75. The van der Waals surface area contributed by atoms with E-state index in [1.54, 1.807) is 0 Å². The molecule has 54 valence electrons. The molecule has 0 saturated heterocycles. The summed E-state index contributed by atoms with van der Waals surface area (Å²) in [7, 11) is 4.90. The maximum atomic E-state index is 2.96. The van der Waals surface area contributed by atoms with Gasteiger partial charge in [0.25, 0.3) is 0 Å². The van der Waals surface area contributed by atoms with Crippen molar-refractivity contribution in [2.45, 2.75) is 0 Å². The van der Waals surface area contributed by atoms with E-state index in [4.69, 9.17) is 0 Å². The van der Waals surface area contributed by atoms with Crippen LogP contribution in [0, 0.1) is 0 Å². The summed E-state index contributed by atoms with van der Waals surface area (Å²) in [5.74, 6) is 0. The smallest absolute Gasteiger partial charge is 0.0370 e. The van der Waals surface area contributed by atoms with Gasteiger partial charge in [0.1, 0.15) is 0 Å². The molecule has 0 aromatic heterocycles. The van der Waals surface area contributed by atoms with Crippen LogP contribution in [-0.2, 0) is 0 Å². The van der Waals surface area contributed by atoms with Crippen LogP contribution >= 0.6 is 18.8 Å². The minimum Gasteiger partial charge on any atom is -0.369 e. The molecule has 2 atom stereocenters. The van der Waals surface area contributed by atoms with E-state index in [1.807, 2.05) is 24.3 Å².